The maximum Gasteiger partial charge on any atom is 0.326 e. The number of hydrogen-bond acceptors (Lipinski definition) is 4. The molecule has 0 aliphatic rings. The minimum absolute atomic E-state index is 0.00578. The molecule has 3 aromatic rings. The van der Waals surface area contributed by atoms with Crippen LogP contribution in [0.2, 0.25) is 0 Å². The molecule has 0 fully saturated rings. The molecule has 0 spiro atoms. The predicted molar refractivity (Wildman–Crippen MR) is 108 cm³/mol. The summed E-state index contributed by atoms with van der Waals surface area (Å²) in [5.74, 6) is 0.0693. The minimum atomic E-state index is -0.456. The van der Waals surface area contributed by atoms with E-state index in [1.807, 2.05) is 75.4 Å². The monoisotopic (exact) mass is 379 g/mol. The normalized spacial score (nSPS) is 11.0. The second kappa shape index (κ2) is 8.69. The smallest absolute Gasteiger partial charge is 0.326 e. The van der Waals surface area contributed by atoms with Crippen LogP contribution in [0.1, 0.15) is 25.2 Å². The number of nitrogens with zero attached hydrogens (tertiary/aromatic N) is 3. The van der Waals surface area contributed by atoms with E-state index in [0.29, 0.717) is 6.54 Å². The topological polar surface area (TPSA) is 64.4 Å². The van der Waals surface area contributed by atoms with Crippen molar-refractivity contribution in [3.63, 3.8) is 0 Å². The van der Waals surface area contributed by atoms with Crippen molar-refractivity contribution in [2.45, 2.75) is 39.9 Å². The van der Waals surface area contributed by atoms with Gasteiger partial charge in [0, 0.05) is 12.6 Å². The number of aryl methyl sites for hydroxylation is 1. The van der Waals surface area contributed by atoms with Crippen molar-refractivity contribution in [2.24, 2.45) is 0 Å². The van der Waals surface area contributed by atoms with Gasteiger partial charge in [0.25, 0.3) is 5.91 Å². The van der Waals surface area contributed by atoms with Crippen LogP contribution in [0.25, 0.3) is 11.0 Å². The molecule has 0 radical (unpaired) electrons. The molecular weight excluding hydrogens is 354 g/mol. The fourth-order valence-electron chi connectivity index (χ4n) is 3.13. The maximum absolute atomic E-state index is 12.6. The van der Waals surface area contributed by atoms with Gasteiger partial charge in [-0.3, -0.25) is 9.59 Å². The Morgan fingerprint density at radius 1 is 1.07 bits per heavy atom. The second-order valence-corrected chi connectivity index (χ2v) is 7.00. The van der Waals surface area contributed by atoms with Crippen molar-refractivity contribution >= 4 is 22.9 Å². The molecule has 0 atom stereocenters. The number of aromatic nitrogens is 2. The van der Waals surface area contributed by atoms with E-state index >= 15 is 0 Å². The molecule has 0 saturated carbocycles. The van der Waals surface area contributed by atoms with Crippen molar-refractivity contribution in [1.82, 2.24) is 14.5 Å². The molecule has 1 amide bonds. The Morgan fingerprint density at radius 2 is 1.75 bits per heavy atom. The number of para-hydroxylation sites is 2. The highest BCUT2D eigenvalue weighted by Gasteiger charge is 2.19. The van der Waals surface area contributed by atoms with Gasteiger partial charge >= 0.3 is 5.97 Å². The van der Waals surface area contributed by atoms with Gasteiger partial charge in [-0.25, -0.2) is 4.98 Å². The lowest BCUT2D eigenvalue weighted by molar-refractivity contribution is -0.153. The number of hydrogen-bond donors (Lipinski definition) is 0. The Hall–Kier alpha value is -3.15. The van der Waals surface area contributed by atoms with Gasteiger partial charge in [-0.05, 0) is 38.5 Å². The molecule has 0 aliphatic heterocycles. The average Bonchev–Trinajstić information content (AvgIpc) is 3.00. The number of imidazole rings is 1. The predicted octanol–water partition coefficient (Wildman–Crippen LogP) is 3.33. The lowest BCUT2D eigenvalue weighted by atomic mass is 10.2. The van der Waals surface area contributed by atoms with E-state index in [1.54, 1.807) is 9.47 Å². The van der Waals surface area contributed by atoms with Gasteiger partial charge in [-0.15, -0.1) is 0 Å². The summed E-state index contributed by atoms with van der Waals surface area (Å²) in [6.45, 7) is 5.99. The molecule has 1 aromatic heterocycles. The highest BCUT2D eigenvalue weighted by Crippen LogP contribution is 2.15. The Balaban J connectivity index is 1.61. The zero-order valence-corrected chi connectivity index (χ0v) is 16.5. The van der Waals surface area contributed by atoms with E-state index < -0.39 is 5.97 Å². The number of esters is 1. The Labute approximate surface area is 164 Å². The molecule has 6 nitrogen and oxygen atoms in total. The zero-order chi connectivity index (χ0) is 20.1. The summed E-state index contributed by atoms with van der Waals surface area (Å²) in [5, 5.41) is 0. The van der Waals surface area contributed by atoms with Crippen LogP contribution in [0.15, 0.2) is 54.6 Å². The number of benzene rings is 2. The Bertz CT molecular complexity index is 964. The highest BCUT2D eigenvalue weighted by atomic mass is 16.5. The van der Waals surface area contributed by atoms with Crippen LogP contribution in [-0.2, 0) is 27.4 Å². The quantitative estimate of drug-likeness (QED) is 0.591. The average molecular weight is 379 g/mol. The third-order valence-electron chi connectivity index (χ3n) is 4.63. The summed E-state index contributed by atoms with van der Waals surface area (Å²) in [7, 11) is 0. The van der Waals surface area contributed by atoms with Crippen molar-refractivity contribution in [3.8, 4) is 0 Å². The standard InChI is InChI=1S/C22H25N3O3/c1-16(2)24(13-18-9-5-4-6-10-18)21(26)15-28-22(27)14-25-17(3)23-19-11-7-8-12-20(19)25/h4-12,16H,13-15H2,1-3H3. The molecule has 0 bridgehead atoms. The third kappa shape index (κ3) is 4.57. The maximum atomic E-state index is 12.6. The number of fused-ring (bicyclic) bond motifs is 1. The summed E-state index contributed by atoms with van der Waals surface area (Å²) < 4.78 is 7.07. The largest absolute Gasteiger partial charge is 0.454 e. The van der Waals surface area contributed by atoms with E-state index in [2.05, 4.69) is 4.98 Å². The van der Waals surface area contributed by atoms with Crippen molar-refractivity contribution < 1.29 is 14.3 Å². The van der Waals surface area contributed by atoms with Crippen molar-refractivity contribution in [2.75, 3.05) is 6.61 Å². The van der Waals surface area contributed by atoms with E-state index in [0.717, 1.165) is 22.4 Å². The zero-order valence-electron chi connectivity index (χ0n) is 16.5. The van der Waals surface area contributed by atoms with Gasteiger partial charge in [0.1, 0.15) is 12.4 Å². The first-order chi connectivity index (χ1) is 13.5. The van der Waals surface area contributed by atoms with Crippen LogP contribution in [0.4, 0.5) is 0 Å². The van der Waals surface area contributed by atoms with Crippen LogP contribution >= 0.6 is 0 Å². The summed E-state index contributed by atoms with van der Waals surface area (Å²) in [6, 6.07) is 17.4. The van der Waals surface area contributed by atoms with Gasteiger partial charge in [0.15, 0.2) is 6.61 Å². The first-order valence-electron chi connectivity index (χ1n) is 9.36. The molecular formula is C22H25N3O3. The molecule has 0 unspecified atom stereocenters. The summed E-state index contributed by atoms with van der Waals surface area (Å²) in [4.78, 5) is 31.1. The Morgan fingerprint density at radius 3 is 2.46 bits per heavy atom. The number of amides is 1. The van der Waals surface area contributed by atoms with Gasteiger partial charge in [0.05, 0.1) is 11.0 Å². The van der Waals surface area contributed by atoms with Gasteiger partial charge in [0.2, 0.25) is 0 Å². The fourth-order valence-corrected chi connectivity index (χ4v) is 3.13. The SMILES string of the molecule is Cc1nc2ccccc2n1CC(=O)OCC(=O)N(Cc1ccccc1)C(C)C. The molecule has 1 heterocycles. The fraction of sp³-hybridized carbons (Fsp3) is 0.318. The van der Waals surface area contributed by atoms with E-state index in [4.69, 9.17) is 4.74 Å². The van der Waals surface area contributed by atoms with Crippen LogP contribution in [0.5, 0.6) is 0 Å². The minimum Gasteiger partial charge on any atom is -0.454 e. The molecule has 0 saturated heterocycles. The van der Waals surface area contributed by atoms with Crippen molar-refractivity contribution in [1.29, 1.82) is 0 Å². The highest BCUT2D eigenvalue weighted by molar-refractivity contribution is 5.82. The van der Waals surface area contributed by atoms with E-state index in [1.165, 1.54) is 0 Å². The molecule has 3 rings (SSSR count). The third-order valence-corrected chi connectivity index (χ3v) is 4.63. The van der Waals surface area contributed by atoms with Crippen LogP contribution in [0, 0.1) is 6.92 Å². The molecule has 146 valence electrons. The first kappa shape index (κ1) is 19.6. The lowest BCUT2D eigenvalue weighted by Crippen LogP contribution is -2.39. The molecule has 2 aromatic carbocycles. The number of ether oxygens (including phenoxy) is 1. The molecule has 0 N–H and O–H groups in total. The summed E-state index contributed by atoms with van der Waals surface area (Å²) in [5.41, 5.74) is 2.74. The molecule has 6 heteroatoms. The van der Waals surface area contributed by atoms with E-state index in [9.17, 15) is 9.59 Å². The number of carbonyl (C=O) groups is 2. The van der Waals surface area contributed by atoms with Crippen LogP contribution in [-0.4, -0.2) is 39.0 Å². The summed E-state index contributed by atoms with van der Waals surface area (Å²) >= 11 is 0. The lowest BCUT2D eigenvalue weighted by Gasteiger charge is -2.26. The Kier molecular flexibility index (Phi) is 6.09. The van der Waals surface area contributed by atoms with Crippen LogP contribution < -0.4 is 0 Å². The number of rotatable bonds is 7. The van der Waals surface area contributed by atoms with Gasteiger partial charge in [-0.2, -0.15) is 0 Å². The molecule has 0 aliphatic carbocycles. The summed E-state index contributed by atoms with van der Waals surface area (Å²) in [6.07, 6.45) is 0. The number of carbonyl (C=O) groups excluding carboxylic acids is 2. The van der Waals surface area contributed by atoms with Gasteiger partial charge < -0.3 is 14.2 Å². The van der Waals surface area contributed by atoms with E-state index in [-0.39, 0.29) is 25.1 Å². The van der Waals surface area contributed by atoms with Crippen molar-refractivity contribution in [3.05, 3.63) is 66.0 Å². The first-order valence-corrected chi connectivity index (χ1v) is 9.36. The molecule has 28 heavy (non-hydrogen) atoms. The van der Waals surface area contributed by atoms with Gasteiger partial charge in [-0.1, -0.05) is 42.5 Å². The second-order valence-electron chi connectivity index (χ2n) is 7.00. The van der Waals surface area contributed by atoms with Crippen LogP contribution in [0.3, 0.4) is 0 Å².